The zero-order valence-corrected chi connectivity index (χ0v) is 15.9. The van der Waals surface area contributed by atoms with E-state index in [1.165, 1.54) is 5.56 Å². The van der Waals surface area contributed by atoms with Crippen LogP contribution in [0.4, 0.5) is 0 Å². The van der Waals surface area contributed by atoms with Gasteiger partial charge in [-0.3, -0.25) is 9.69 Å². The maximum absolute atomic E-state index is 12.5. The maximum atomic E-state index is 12.5. The van der Waals surface area contributed by atoms with Crippen molar-refractivity contribution in [3.8, 4) is 11.5 Å². The average Bonchev–Trinajstić information content (AvgIpc) is 3.16. The van der Waals surface area contributed by atoms with E-state index in [-0.39, 0.29) is 11.6 Å². The van der Waals surface area contributed by atoms with E-state index >= 15 is 0 Å². The summed E-state index contributed by atoms with van der Waals surface area (Å²) in [5, 5.41) is 0.647. The predicted octanol–water partition coefficient (Wildman–Crippen LogP) is 3.34. The fourth-order valence-electron chi connectivity index (χ4n) is 4.28. The van der Waals surface area contributed by atoms with Gasteiger partial charge in [0.2, 0.25) is 0 Å². The number of benzene rings is 2. The molecule has 0 bridgehead atoms. The van der Waals surface area contributed by atoms with Crippen molar-refractivity contribution >= 4 is 10.9 Å². The van der Waals surface area contributed by atoms with Crippen molar-refractivity contribution in [3.63, 3.8) is 0 Å². The molecule has 0 unspecified atom stereocenters. The Morgan fingerprint density at radius 2 is 2.04 bits per heavy atom. The number of ether oxygens (including phenoxy) is 2. The molecule has 28 heavy (non-hydrogen) atoms. The van der Waals surface area contributed by atoms with Crippen LogP contribution < -0.4 is 15.0 Å². The van der Waals surface area contributed by atoms with Crippen LogP contribution in [-0.4, -0.2) is 34.6 Å². The lowest BCUT2D eigenvalue weighted by atomic mass is 10.0. The number of para-hydroxylation sites is 1. The van der Waals surface area contributed by atoms with Crippen LogP contribution in [0.2, 0.25) is 0 Å². The first-order valence-electron chi connectivity index (χ1n) is 9.81. The number of nitrogens with one attached hydrogen (secondary N) is 1. The third-order valence-corrected chi connectivity index (χ3v) is 5.65. The van der Waals surface area contributed by atoms with Crippen LogP contribution in [0, 0.1) is 6.92 Å². The van der Waals surface area contributed by atoms with Crippen molar-refractivity contribution in [1.29, 1.82) is 0 Å². The summed E-state index contributed by atoms with van der Waals surface area (Å²) in [6, 6.07) is 12.2. The minimum absolute atomic E-state index is 0.0706. The number of hydrogen-bond acceptors (Lipinski definition) is 5. The highest BCUT2D eigenvalue weighted by Gasteiger charge is 2.28. The first-order valence-corrected chi connectivity index (χ1v) is 9.81. The quantitative estimate of drug-likeness (QED) is 0.758. The minimum Gasteiger partial charge on any atom is -0.486 e. The highest BCUT2D eigenvalue weighted by molar-refractivity contribution is 5.80. The van der Waals surface area contributed by atoms with Gasteiger partial charge in [-0.25, -0.2) is 4.98 Å². The number of likely N-dealkylation sites (tertiary alicyclic amines) is 1. The van der Waals surface area contributed by atoms with E-state index in [1.54, 1.807) is 0 Å². The molecule has 1 fully saturated rings. The molecule has 2 aliphatic rings. The van der Waals surface area contributed by atoms with Gasteiger partial charge in [0, 0.05) is 6.04 Å². The van der Waals surface area contributed by atoms with Gasteiger partial charge < -0.3 is 14.5 Å². The number of aromatic nitrogens is 2. The van der Waals surface area contributed by atoms with Crippen molar-refractivity contribution in [2.24, 2.45) is 0 Å². The summed E-state index contributed by atoms with van der Waals surface area (Å²) >= 11 is 0. The Kier molecular flexibility index (Phi) is 4.28. The van der Waals surface area contributed by atoms with Gasteiger partial charge >= 0.3 is 0 Å². The summed E-state index contributed by atoms with van der Waals surface area (Å²) in [7, 11) is 0. The van der Waals surface area contributed by atoms with Crippen molar-refractivity contribution in [2.75, 3.05) is 19.8 Å². The summed E-state index contributed by atoms with van der Waals surface area (Å²) in [4.78, 5) is 22.6. The van der Waals surface area contributed by atoms with E-state index in [2.05, 4.69) is 22.0 Å². The average molecular weight is 377 g/mol. The van der Waals surface area contributed by atoms with E-state index in [0.29, 0.717) is 25.1 Å². The van der Waals surface area contributed by atoms with Crippen molar-refractivity contribution in [2.45, 2.75) is 32.4 Å². The van der Waals surface area contributed by atoms with Crippen LogP contribution in [-0.2, 0) is 6.54 Å². The van der Waals surface area contributed by atoms with Crippen molar-refractivity contribution in [1.82, 2.24) is 14.9 Å². The third-order valence-electron chi connectivity index (χ3n) is 5.65. The van der Waals surface area contributed by atoms with E-state index in [0.717, 1.165) is 47.8 Å². The fraction of sp³-hybridized carbons (Fsp3) is 0.364. The molecular formula is C22H23N3O3. The van der Waals surface area contributed by atoms with Crippen LogP contribution in [0.1, 0.15) is 35.8 Å². The van der Waals surface area contributed by atoms with E-state index in [4.69, 9.17) is 14.5 Å². The van der Waals surface area contributed by atoms with E-state index in [1.807, 2.05) is 31.2 Å². The van der Waals surface area contributed by atoms with Crippen LogP contribution in [0.5, 0.6) is 11.5 Å². The molecule has 0 aliphatic carbocycles. The Hall–Kier alpha value is -2.86. The van der Waals surface area contributed by atoms with Crippen LogP contribution >= 0.6 is 0 Å². The molecule has 1 saturated heterocycles. The molecular weight excluding hydrogens is 354 g/mol. The fourth-order valence-corrected chi connectivity index (χ4v) is 4.28. The summed E-state index contributed by atoms with van der Waals surface area (Å²) < 4.78 is 11.4. The molecule has 6 nitrogen and oxygen atoms in total. The molecule has 1 aromatic heterocycles. The lowest BCUT2D eigenvalue weighted by molar-refractivity contribution is 0.170. The Labute approximate surface area is 163 Å². The lowest BCUT2D eigenvalue weighted by Crippen LogP contribution is -2.26. The Bertz CT molecular complexity index is 1090. The summed E-state index contributed by atoms with van der Waals surface area (Å²) in [6.07, 6.45) is 2.20. The maximum Gasteiger partial charge on any atom is 0.258 e. The SMILES string of the molecule is Cc1cccc2c(=O)[nH]c(CN3CCC[C@H]3c3ccc4c(c3)OCCO4)nc12. The molecule has 2 aromatic carbocycles. The second-order valence-corrected chi connectivity index (χ2v) is 7.52. The lowest BCUT2D eigenvalue weighted by Gasteiger charge is -2.26. The van der Waals surface area contributed by atoms with Gasteiger partial charge in [0.1, 0.15) is 19.0 Å². The summed E-state index contributed by atoms with van der Waals surface area (Å²) in [6.45, 7) is 4.79. The molecule has 2 aliphatic heterocycles. The molecule has 1 N–H and O–H groups in total. The van der Waals surface area contributed by atoms with Gasteiger partial charge in [0.15, 0.2) is 11.5 Å². The number of aryl methyl sites for hydroxylation is 1. The van der Waals surface area contributed by atoms with Crippen molar-refractivity contribution < 1.29 is 9.47 Å². The molecule has 0 radical (unpaired) electrons. The topological polar surface area (TPSA) is 67.5 Å². The normalized spacial score (nSPS) is 19.2. The molecule has 0 saturated carbocycles. The second-order valence-electron chi connectivity index (χ2n) is 7.52. The zero-order chi connectivity index (χ0) is 19.1. The molecule has 3 heterocycles. The van der Waals surface area contributed by atoms with Crippen molar-refractivity contribution in [3.05, 3.63) is 63.7 Å². The molecule has 0 spiro atoms. The molecule has 1 atom stereocenters. The monoisotopic (exact) mass is 377 g/mol. The number of rotatable bonds is 3. The van der Waals surface area contributed by atoms with Crippen LogP contribution in [0.25, 0.3) is 10.9 Å². The summed E-state index contributed by atoms with van der Waals surface area (Å²) in [5.41, 5.74) is 2.96. The van der Waals surface area contributed by atoms with Gasteiger partial charge in [-0.05, 0) is 55.6 Å². The molecule has 6 heteroatoms. The van der Waals surface area contributed by atoms with Gasteiger partial charge in [0.05, 0.1) is 17.4 Å². The molecule has 144 valence electrons. The second kappa shape index (κ2) is 6.95. The number of nitrogens with zero attached hydrogens (tertiary/aromatic N) is 2. The number of fused-ring (bicyclic) bond motifs is 2. The Morgan fingerprint density at radius 3 is 2.93 bits per heavy atom. The summed E-state index contributed by atoms with van der Waals surface area (Å²) in [5.74, 6) is 2.36. The minimum atomic E-state index is -0.0706. The van der Waals surface area contributed by atoms with Gasteiger partial charge in [-0.2, -0.15) is 0 Å². The standard InChI is InChI=1S/C22H23N3O3/c1-14-4-2-5-16-21(14)23-20(24-22(16)26)13-25-9-3-6-17(25)15-7-8-18-19(12-15)28-11-10-27-18/h2,4-5,7-8,12,17H,3,6,9-11,13H2,1H3,(H,23,24,26)/t17-/m0/s1. The highest BCUT2D eigenvalue weighted by Crippen LogP contribution is 2.38. The first kappa shape index (κ1) is 17.3. The van der Waals surface area contributed by atoms with Gasteiger partial charge in [-0.1, -0.05) is 18.2 Å². The number of aromatic amines is 1. The number of H-pyrrole nitrogens is 1. The van der Waals surface area contributed by atoms with Crippen LogP contribution in [0.15, 0.2) is 41.2 Å². The first-order chi connectivity index (χ1) is 13.7. The molecule has 3 aromatic rings. The number of hydrogen-bond donors (Lipinski definition) is 1. The van der Waals surface area contributed by atoms with Gasteiger partial charge in [-0.15, -0.1) is 0 Å². The van der Waals surface area contributed by atoms with E-state index in [9.17, 15) is 4.79 Å². The Morgan fingerprint density at radius 1 is 1.18 bits per heavy atom. The Balaban J connectivity index is 1.44. The zero-order valence-electron chi connectivity index (χ0n) is 15.9. The van der Waals surface area contributed by atoms with Crippen LogP contribution in [0.3, 0.4) is 0 Å². The van der Waals surface area contributed by atoms with E-state index < -0.39 is 0 Å². The predicted molar refractivity (Wildman–Crippen MR) is 107 cm³/mol. The third kappa shape index (κ3) is 3.03. The smallest absolute Gasteiger partial charge is 0.258 e. The molecule has 0 amide bonds. The largest absolute Gasteiger partial charge is 0.486 e. The van der Waals surface area contributed by atoms with Gasteiger partial charge in [0.25, 0.3) is 5.56 Å². The highest BCUT2D eigenvalue weighted by atomic mass is 16.6. The molecule has 5 rings (SSSR count).